The van der Waals surface area contributed by atoms with Crippen LogP contribution in [0.15, 0.2) is 182 Å². The summed E-state index contributed by atoms with van der Waals surface area (Å²) >= 11 is 0. The van der Waals surface area contributed by atoms with Crippen molar-refractivity contribution < 1.29 is 28.1 Å². The van der Waals surface area contributed by atoms with Gasteiger partial charge in [0.05, 0.1) is 28.4 Å². The third kappa shape index (κ3) is 7.76. The number of rotatable bonds is 10. The number of para-hydroxylation sites is 2. The molecule has 8 heteroatoms. The monoisotopic (exact) mass is 880 g/mol. The standard InChI is InChI=1S/C56H50O6P2/c1-59-53-39-19-17-20-40(53)32-44-36-52(64(58,49-27-13-7-14-28-49)50-29-15-8-16-30-50)38-46(56(44)62-4)34-42-22-18-21-41(54(42)60-2)33-45-37-51(35-43(31-39)55(45)61-3)63(57,47-23-9-5-10-24-47)48-25-11-6-12-26-48/h5-30,35-38H,31-34H2,1-4H3. The largest absolute Gasteiger partial charge is 0.496 e. The lowest BCUT2D eigenvalue weighted by Gasteiger charge is -2.25. The van der Waals surface area contributed by atoms with Gasteiger partial charge in [-0.3, -0.25) is 0 Å². The molecule has 6 nitrogen and oxygen atoms in total. The molecule has 8 aromatic carbocycles. The molecule has 320 valence electrons. The van der Waals surface area contributed by atoms with Crippen LogP contribution < -0.4 is 50.8 Å². The lowest BCUT2D eigenvalue weighted by molar-refractivity contribution is 0.396. The van der Waals surface area contributed by atoms with Crippen molar-refractivity contribution in [3.05, 3.63) is 226 Å². The highest BCUT2D eigenvalue weighted by Crippen LogP contribution is 2.47. The first-order valence-electron chi connectivity index (χ1n) is 21.4. The Morgan fingerprint density at radius 1 is 0.281 bits per heavy atom. The molecule has 0 aromatic heterocycles. The van der Waals surface area contributed by atoms with Gasteiger partial charge in [0.15, 0.2) is 14.3 Å². The van der Waals surface area contributed by atoms with E-state index in [4.69, 9.17) is 18.9 Å². The Morgan fingerprint density at radius 2 is 0.500 bits per heavy atom. The number of methoxy groups -OCH3 is 4. The van der Waals surface area contributed by atoms with Crippen LogP contribution in [0.25, 0.3) is 0 Å². The molecule has 0 N–H and O–H groups in total. The molecule has 9 rings (SSSR count). The lowest BCUT2D eigenvalue weighted by atomic mass is 9.91. The quantitative estimate of drug-likeness (QED) is 0.128. The first-order valence-corrected chi connectivity index (χ1v) is 24.8. The molecule has 0 heterocycles. The zero-order valence-electron chi connectivity index (χ0n) is 36.5. The van der Waals surface area contributed by atoms with Gasteiger partial charge in [0.2, 0.25) is 0 Å². The van der Waals surface area contributed by atoms with Crippen LogP contribution in [0.5, 0.6) is 23.0 Å². The molecule has 0 atom stereocenters. The Labute approximate surface area is 376 Å². The van der Waals surface area contributed by atoms with Gasteiger partial charge in [0.1, 0.15) is 23.0 Å². The Morgan fingerprint density at radius 3 is 0.719 bits per heavy atom. The molecular weight excluding hydrogens is 831 g/mol. The maximum absolute atomic E-state index is 16.0. The van der Waals surface area contributed by atoms with Gasteiger partial charge in [-0.1, -0.05) is 158 Å². The summed E-state index contributed by atoms with van der Waals surface area (Å²) in [4.78, 5) is 0. The zero-order valence-corrected chi connectivity index (χ0v) is 38.3. The molecule has 0 spiro atoms. The van der Waals surface area contributed by atoms with E-state index in [-0.39, 0.29) is 0 Å². The fourth-order valence-electron chi connectivity index (χ4n) is 9.51. The summed E-state index contributed by atoms with van der Waals surface area (Å²) in [5.41, 5.74) is 7.30. The van der Waals surface area contributed by atoms with Crippen molar-refractivity contribution in [1.29, 1.82) is 0 Å². The molecule has 8 bridgehead atoms. The Hall–Kier alpha value is -6.58. The van der Waals surface area contributed by atoms with Gasteiger partial charge in [-0.2, -0.15) is 0 Å². The second-order valence-electron chi connectivity index (χ2n) is 16.1. The van der Waals surface area contributed by atoms with Crippen LogP contribution in [0.2, 0.25) is 0 Å². The van der Waals surface area contributed by atoms with E-state index in [1.54, 1.807) is 28.4 Å². The summed E-state index contributed by atoms with van der Waals surface area (Å²) in [6.45, 7) is 0. The van der Waals surface area contributed by atoms with Crippen molar-refractivity contribution >= 4 is 46.1 Å². The number of hydrogen-bond acceptors (Lipinski definition) is 6. The molecule has 0 unspecified atom stereocenters. The first-order chi connectivity index (χ1) is 31.3. The van der Waals surface area contributed by atoms with E-state index < -0.39 is 14.3 Å². The Kier molecular flexibility index (Phi) is 12.2. The minimum Gasteiger partial charge on any atom is -0.496 e. The SMILES string of the molecule is COc1c2cccc1Cc1cc(P(=O)(c3ccccc3)c3ccccc3)cc(c1OC)Cc1cccc(c1OC)Cc1cc(P(=O)(c3ccccc3)c3ccccc3)cc(c1OC)C2. The summed E-state index contributed by atoms with van der Waals surface area (Å²) < 4.78 is 57.5. The van der Waals surface area contributed by atoms with Gasteiger partial charge < -0.3 is 28.1 Å². The van der Waals surface area contributed by atoms with E-state index >= 15 is 9.13 Å². The topological polar surface area (TPSA) is 71.1 Å². The van der Waals surface area contributed by atoms with Crippen molar-refractivity contribution in [2.45, 2.75) is 25.7 Å². The van der Waals surface area contributed by atoms with Crippen LogP contribution in [0, 0.1) is 0 Å². The van der Waals surface area contributed by atoms with Crippen LogP contribution in [0.4, 0.5) is 0 Å². The van der Waals surface area contributed by atoms with Crippen LogP contribution in [-0.2, 0) is 34.8 Å². The molecule has 0 saturated heterocycles. The number of hydrogen-bond donors (Lipinski definition) is 0. The van der Waals surface area contributed by atoms with E-state index in [2.05, 4.69) is 60.7 Å². The van der Waals surface area contributed by atoms with E-state index in [0.29, 0.717) is 25.7 Å². The highest BCUT2D eigenvalue weighted by molar-refractivity contribution is 7.85. The summed E-state index contributed by atoms with van der Waals surface area (Å²) in [7, 11) is 0.0219. The van der Waals surface area contributed by atoms with Gasteiger partial charge in [-0.15, -0.1) is 0 Å². The predicted molar refractivity (Wildman–Crippen MR) is 262 cm³/mol. The van der Waals surface area contributed by atoms with Crippen LogP contribution in [0.3, 0.4) is 0 Å². The van der Waals surface area contributed by atoms with E-state index in [1.165, 1.54) is 0 Å². The highest BCUT2D eigenvalue weighted by Gasteiger charge is 2.34. The van der Waals surface area contributed by atoms with Crippen LogP contribution >= 0.6 is 14.3 Å². The third-order valence-corrected chi connectivity index (χ3v) is 18.4. The zero-order chi connectivity index (χ0) is 44.3. The van der Waals surface area contributed by atoms with E-state index in [9.17, 15) is 0 Å². The maximum atomic E-state index is 16.0. The number of benzene rings is 8. The van der Waals surface area contributed by atoms with Gasteiger partial charge in [0.25, 0.3) is 0 Å². The second-order valence-corrected chi connectivity index (χ2v) is 21.6. The molecule has 0 radical (unpaired) electrons. The summed E-state index contributed by atoms with van der Waals surface area (Å²) in [5.74, 6) is 2.90. The fraction of sp³-hybridized carbons (Fsp3) is 0.143. The van der Waals surface area contributed by atoms with Gasteiger partial charge in [0, 0.05) is 57.5 Å². The minimum absolute atomic E-state index is 0.432. The van der Waals surface area contributed by atoms with Gasteiger partial charge >= 0.3 is 0 Å². The molecule has 64 heavy (non-hydrogen) atoms. The van der Waals surface area contributed by atoms with E-state index in [1.807, 2.05) is 121 Å². The molecule has 1 aliphatic rings. The average Bonchev–Trinajstić information content (AvgIpc) is 3.34. The van der Waals surface area contributed by atoms with Crippen LogP contribution in [0.1, 0.15) is 44.5 Å². The molecular formula is C56H50O6P2. The number of fused-ring (bicyclic) bond motifs is 8. The van der Waals surface area contributed by atoms with Crippen molar-refractivity contribution in [2.24, 2.45) is 0 Å². The Bertz CT molecular complexity index is 2660. The molecule has 1 aliphatic carbocycles. The summed E-state index contributed by atoms with van der Waals surface area (Å²) in [6, 6.07) is 59.8. The van der Waals surface area contributed by atoms with Crippen molar-refractivity contribution in [1.82, 2.24) is 0 Å². The minimum atomic E-state index is -3.40. The van der Waals surface area contributed by atoms with Gasteiger partial charge in [-0.25, -0.2) is 0 Å². The highest BCUT2D eigenvalue weighted by atomic mass is 31.2. The smallest absolute Gasteiger partial charge is 0.171 e. The fourth-order valence-corrected chi connectivity index (χ4v) is 15.0. The summed E-state index contributed by atoms with van der Waals surface area (Å²) in [5, 5.41) is 4.45. The lowest BCUT2D eigenvalue weighted by Crippen LogP contribution is -2.26. The van der Waals surface area contributed by atoms with Gasteiger partial charge in [-0.05, 0) is 68.8 Å². The molecule has 0 amide bonds. The van der Waals surface area contributed by atoms with Crippen molar-refractivity contribution in [3.8, 4) is 23.0 Å². The van der Waals surface area contributed by atoms with Crippen molar-refractivity contribution in [2.75, 3.05) is 28.4 Å². The predicted octanol–water partition coefficient (Wildman–Crippen LogP) is 9.68. The third-order valence-electron chi connectivity index (χ3n) is 12.4. The van der Waals surface area contributed by atoms with Crippen molar-refractivity contribution in [3.63, 3.8) is 0 Å². The second kappa shape index (κ2) is 18.3. The molecule has 8 aromatic rings. The molecule has 0 aliphatic heterocycles. The first kappa shape index (κ1) is 42.7. The van der Waals surface area contributed by atoms with Crippen LogP contribution in [-0.4, -0.2) is 28.4 Å². The maximum Gasteiger partial charge on any atom is 0.171 e. The molecule has 0 saturated carbocycles. The summed E-state index contributed by atoms with van der Waals surface area (Å²) in [6.07, 6.45) is 1.73. The average molecular weight is 881 g/mol. The Balaban J connectivity index is 1.31. The normalized spacial score (nSPS) is 12.6. The number of ether oxygens (including phenoxy) is 4. The molecule has 0 fully saturated rings. The van der Waals surface area contributed by atoms with E-state index in [0.717, 1.165) is 99.3 Å².